The minimum atomic E-state index is 0.193. The van der Waals surface area contributed by atoms with Crippen LogP contribution < -0.4 is 5.32 Å². The molecule has 1 saturated carbocycles. The van der Waals surface area contributed by atoms with Crippen molar-refractivity contribution in [2.75, 3.05) is 17.8 Å². The largest absolute Gasteiger partial charge is 0.353 e. The number of carbonyl (C=O) groups is 1. The van der Waals surface area contributed by atoms with Crippen molar-refractivity contribution < 1.29 is 4.79 Å². The maximum Gasteiger partial charge on any atom is 0.220 e. The van der Waals surface area contributed by atoms with E-state index in [1.807, 2.05) is 0 Å². The Bertz CT molecular complexity index is 204. The summed E-state index contributed by atoms with van der Waals surface area (Å²) < 4.78 is 0. The second-order valence-electron chi connectivity index (χ2n) is 4.26. The van der Waals surface area contributed by atoms with E-state index in [0.717, 1.165) is 11.5 Å². The van der Waals surface area contributed by atoms with Gasteiger partial charge in [0.2, 0.25) is 5.91 Å². The van der Waals surface area contributed by atoms with E-state index in [1.165, 1.54) is 12.8 Å². The summed E-state index contributed by atoms with van der Waals surface area (Å²) in [5, 5.41) is 3.02. The van der Waals surface area contributed by atoms with Gasteiger partial charge in [0, 0.05) is 18.2 Å². The van der Waals surface area contributed by atoms with E-state index in [0.29, 0.717) is 6.42 Å². The van der Waals surface area contributed by atoms with Crippen molar-refractivity contribution >= 4 is 30.3 Å². The van der Waals surface area contributed by atoms with Gasteiger partial charge in [0.05, 0.1) is 0 Å². The first-order valence-corrected chi connectivity index (χ1v) is 7.04. The van der Waals surface area contributed by atoms with Crippen LogP contribution in [0.3, 0.4) is 0 Å². The third-order valence-corrected chi connectivity index (χ3v) is 4.16. The zero-order chi connectivity index (χ0) is 10.6. The van der Waals surface area contributed by atoms with Gasteiger partial charge in [-0.3, -0.25) is 4.79 Å². The van der Waals surface area contributed by atoms with Gasteiger partial charge in [-0.05, 0) is 37.2 Å². The van der Waals surface area contributed by atoms with E-state index >= 15 is 0 Å². The van der Waals surface area contributed by atoms with Crippen molar-refractivity contribution in [3.05, 3.63) is 0 Å². The Kier molecular flexibility index (Phi) is 4.64. The molecular weight excluding hydrogens is 214 g/mol. The molecule has 0 aromatic heterocycles. The van der Waals surface area contributed by atoms with Gasteiger partial charge >= 0.3 is 0 Å². The molecule has 1 amide bonds. The minimum absolute atomic E-state index is 0.193. The molecule has 1 N–H and O–H groups in total. The van der Waals surface area contributed by atoms with E-state index in [-0.39, 0.29) is 17.4 Å². The van der Waals surface area contributed by atoms with Gasteiger partial charge in [0.25, 0.3) is 0 Å². The lowest BCUT2D eigenvalue weighted by molar-refractivity contribution is -0.122. The number of thiol groups is 1. The molecule has 14 heavy (non-hydrogen) atoms. The quantitative estimate of drug-likeness (QED) is 0.687. The second-order valence-corrected chi connectivity index (χ2v) is 5.49. The van der Waals surface area contributed by atoms with Crippen LogP contribution in [0.2, 0.25) is 0 Å². The highest BCUT2D eigenvalue weighted by molar-refractivity contribution is 7.98. The Balaban J connectivity index is 2.22. The maximum absolute atomic E-state index is 11.6. The molecule has 1 rings (SSSR count). The van der Waals surface area contributed by atoms with Crippen molar-refractivity contribution in [2.45, 2.75) is 32.2 Å². The normalized spacial score (nSPS) is 20.2. The average molecular weight is 233 g/mol. The molecule has 0 aromatic rings. The third-order valence-electron chi connectivity index (χ3n) is 2.65. The Hall–Kier alpha value is 0.170. The van der Waals surface area contributed by atoms with Crippen LogP contribution in [-0.2, 0) is 4.79 Å². The summed E-state index contributed by atoms with van der Waals surface area (Å²) in [5.41, 5.74) is 0.242. The lowest BCUT2D eigenvalue weighted by atomic mass is 10.1. The molecule has 1 atom stereocenters. The zero-order valence-corrected chi connectivity index (χ0v) is 10.6. The number of carbonyl (C=O) groups excluding carboxylic acids is 1. The topological polar surface area (TPSA) is 29.1 Å². The van der Waals surface area contributed by atoms with Crippen LogP contribution in [0, 0.1) is 5.41 Å². The highest BCUT2D eigenvalue weighted by Crippen LogP contribution is 2.49. The number of thioether (sulfide) groups is 1. The minimum Gasteiger partial charge on any atom is -0.353 e. The van der Waals surface area contributed by atoms with Gasteiger partial charge in [0.15, 0.2) is 0 Å². The van der Waals surface area contributed by atoms with Gasteiger partial charge in [-0.15, -0.1) is 0 Å². The van der Waals surface area contributed by atoms with Crippen molar-refractivity contribution in [2.24, 2.45) is 5.41 Å². The summed E-state index contributed by atoms with van der Waals surface area (Å²) in [6.07, 6.45) is 5.05. The number of amides is 1. The summed E-state index contributed by atoms with van der Waals surface area (Å²) in [7, 11) is 0. The molecule has 0 aromatic carbocycles. The van der Waals surface area contributed by atoms with E-state index in [9.17, 15) is 4.79 Å². The summed E-state index contributed by atoms with van der Waals surface area (Å²) in [6, 6.07) is 0.285. The standard InChI is InChI=1S/C10H19NOS2/c1-8(6-14-2)11-9(12)5-10(7-13)3-4-10/h8,13H,3-7H2,1-2H3,(H,11,12). The molecule has 2 nitrogen and oxygen atoms in total. The van der Waals surface area contributed by atoms with E-state index in [4.69, 9.17) is 0 Å². The van der Waals surface area contributed by atoms with Crippen molar-refractivity contribution in [1.29, 1.82) is 0 Å². The number of hydrogen-bond acceptors (Lipinski definition) is 3. The Morgan fingerprint density at radius 1 is 1.64 bits per heavy atom. The van der Waals surface area contributed by atoms with Crippen LogP contribution >= 0.6 is 24.4 Å². The lowest BCUT2D eigenvalue weighted by Gasteiger charge is -2.15. The first-order chi connectivity index (χ1) is 6.62. The number of rotatable bonds is 6. The molecule has 0 saturated heterocycles. The second kappa shape index (κ2) is 5.31. The van der Waals surface area contributed by atoms with Gasteiger partial charge in [-0.25, -0.2) is 0 Å². The zero-order valence-electron chi connectivity index (χ0n) is 8.88. The molecule has 0 heterocycles. The molecule has 1 aliphatic carbocycles. The molecule has 1 fully saturated rings. The first kappa shape index (κ1) is 12.2. The summed E-state index contributed by atoms with van der Waals surface area (Å²) in [5.74, 6) is 2.02. The van der Waals surface area contributed by atoms with Crippen molar-refractivity contribution in [1.82, 2.24) is 5.32 Å². The van der Waals surface area contributed by atoms with Gasteiger partial charge in [-0.1, -0.05) is 0 Å². The SMILES string of the molecule is CSCC(C)NC(=O)CC1(CS)CC1. The molecular formula is C10H19NOS2. The highest BCUT2D eigenvalue weighted by atomic mass is 32.2. The fourth-order valence-corrected chi connectivity index (χ4v) is 2.54. The van der Waals surface area contributed by atoms with Crippen LogP contribution in [0.1, 0.15) is 26.2 Å². The Morgan fingerprint density at radius 2 is 2.29 bits per heavy atom. The lowest BCUT2D eigenvalue weighted by Crippen LogP contribution is -2.35. The summed E-state index contributed by atoms with van der Waals surface area (Å²) in [4.78, 5) is 11.6. The van der Waals surface area contributed by atoms with Crippen LogP contribution in [0.5, 0.6) is 0 Å². The molecule has 0 spiro atoms. The molecule has 1 aliphatic rings. The van der Waals surface area contributed by atoms with Crippen molar-refractivity contribution in [3.63, 3.8) is 0 Å². The Labute approximate surface area is 96.0 Å². The Morgan fingerprint density at radius 3 is 2.71 bits per heavy atom. The third kappa shape index (κ3) is 3.73. The predicted molar refractivity (Wildman–Crippen MR) is 66.1 cm³/mol. The monoisotopic (exact) mass is 233 g/mol. The van der Waals surface area contributed by atoms with Crippen molar-refractivity contribution in [3.8, 4) is 0 Å². The first-order valence-electron chi connectivity index (χ1n) is 5.01. The van der Waals surface area contributed by atoms with E-state index in [2.05, 4.69) is 31.1 Å². The molecule has 0 radical (unpaired) electrons. The van der Waals surface area contributed by atoms with Crippen LogP contribution in [-0.4, -0.2) is 29.7 Å². The smallest absolute Gasteiger partial charge is 0.220 e. The van der Waals surface area contributed by atoms with Gasteiger partial charge < -0.3 is 5.32 Å². The number of hydrogen-bond donors (Lipinski definition) is 2. The van der Waals surface area contributed by atoms with Crippen LogP contribution in [0.4, 0.5) is 0 Å². The fourth-order valence-electron chi connectivity index (χ4n) is 1.53. The van der Waals surface area contributed by atoms with Crippen LogP contribution in [0.25, 0.3) is 0 Å². The summed E-state index contributed by atoms with van der Waals surface area (Å²) >= 11 is 6.05. The molecule has 1 unspecified atom stereocenters. The highest BCUT2D eigenvalue weighted by Gasteiger charge is 2.42. The van der Waals surface area contributed by atoms with Gasteiger partial charge in [0.1, 0.15) is 0 Å². The molecule has 0 bridgehead atoms. The maximum atomic E-state index is 11.6. The van der Waals surface area contributed by atoms with E-state index < -0.39 is 0 Å². The number of nitrogens with one attached hydrogen (secondary N) is 1. The molecule has 0 aliphatic heterocycles. The molecule has 4 heteroatoms. The van der Waals surface area contributed by atoms with Crippen LogP contribution in [0.15, 0.2) is 0 Å². The average Bonchev–Trinajstić information content (AvgIpc) is 2.85. The van der Waals surface area contributed by atoms with E-state index in [1.54, 1.807) is 11.8 Å². The molecule has 82 valence electrons. The summed E-state index contributed by atoms with van der Waals surface area (Å²) in [6.45, 7) is 2.05. The fraction of sp³-hybridized carbons (Fsp3) is 0.900. The predicted octanol–water partition coefficient (Wildman–Crippen LogP) is 1.95. The van der Waals surface area contributed by atoms with Gasteiger partial charge in [-0.2, -0.15) is 24.4 Å².